The van der Waals surface area contributed by atoms with Gasteiger partial charge in [0, 0.05) is 28.9 Å². The van der Waals surface area contributed by atoms with E-state index in [0.29, 0.717) is 11.3 Å². The average Bonchev–Trinajstić information content (AvgIpc) is 2.60. The molecule has 0 aliphatic heterocycles. The monoisotopic (exact) mass is 403 g/mol. The Balaban J connectivity index is 1.75. The molecule has 25 heavy (non-hydrogen) atoms. The van der Waals surface area contributed by atoms with E-state index >= 15 is 0 Å². The van der Waals surface area contributed by atoms with Gasteiger partial charge in [0.25, 0.3) is 11.2 Å². The maximum atomic E-state index is 12.1. The van der Waals surface area contributed by atoms with Crippen LogP contribution < -0.4 is 5.56 Å². The predicted molar refractivity (Wildman–Crippen MR) is 91.4 cm³/mol. The number of non-ortho nitro benzene ring substituents is 1. The smallest absolute Gasteiger partial charge is 0.338 e. The van der Waals surface area contributed by atoms with Crippen molar-refractivity contribution in [3.8, 4) is 0 Å². The molecule has 1 aromatic carbocycles. The average molecular weight is 404 g/mol. The van der Waals surface area contributed by atoms with E-state index in [1.165, 1.54) is 34.7 Å². The van der Waals surface area contributed by atoms with Gasteiger partial charge in [0.2, 0.25) is 0 Å². The van der Waals surface area contributed by atoms with Crippen molar-refractivity contribution in [3.63, 3.8) is 0 Å². The fraction of sp³-hybridized carbons (Fsp3) is 0.0625. The molecule has 0 bridgehead atoms. The quantitative estimate of drug-likeness (QED) is 0.376. The number of carbonyl (C=O) groups is 1. The van der Waals surface area contributed by atoms with Crippen LogP contribution in [0.3, 0.4) is 0 Å². The molecule has 0 N–H and O–H groups in total. The molecule has 0 saturated carbocycles. The van der Waals surface area contributed by atoms with Crippen LogP contribution in [0.4, 0.5) is 5.69 Å². The van der Waals surface area contributed by atoms with Gasteiger partial charge in [0.15, 0.2) is 0 Å². The van der Waals surface area contributed by atoms with Gasteiger partial charge in [-0.15, -0.1) is 0 Å². The largest absolute Gasteiger partial charge is 0.456 e. The van der Waals surface area contributed by atoms with Crippen LogP contribution in [0.2, 0.25) is 0 Å². The third-order valence-corrected chi connectivity index (χ3v) is 3.81. The number of nitro benzene ring substituents is 1. The summed E-state index contributed by atoms with van der Waals surface area (Å²) in [6.45, 7) is -0.183. The van der Waals surface area contributed by atoms with Gasteiger partial charge in [-0.25, -0.2) is 9.78 Å². The van der Waals surface area contributed by atoms with Crippen LogP contribution in [0.15, 0.2) is 57.9 Å². The van der Waals surface area contributed by atoms with Crippen LogP contribution in [0.25, 0.3) is 5.65 Å². The summed E-state index contributed by atoms with van der Waals surface area (Å²) < 4.78 is 7.22. The zero-order valence-corrected chi connectivity index (χ0v) is 14.2. The summed E-state index contributed by atoms with van der Waals surface area (Å²) in [5.41, 5.74) is 0.492. The van der Waals surface area contributed by atoms with E-state index in [-0.39, 0.29) is 23.4 Å². The van der Waals surface area contributed by atoms with E-state index in [9.17, 15) is 19.7 Å². The third kappa shape index (κ3) is 3.72. The van der Waals surface area contributed by atoms with Gasteiger partial charge in [-0.2, -0.15) is 0 Å². The molecular formula is C16H10BrN3O5. The van der Waals surface area contributed by atoms with E-state index in [2.05, 4.69) is 20.9 Å². The highest BCUT2D eigenvalue weighted by Gasteiger charge is 2.12. The SMILES string of the molecule is O=C(OCc1cc(=O)n2cc(Br)ccc2n1)c1ccc([N+](=O)[O-])cc1. The fourth-order valence-corrected chi connectivity index (χ4v) is 2.48. The minimum Gasteiger partial charge on any atom is -0.456 e. The Morgan fingerprint density at radius 1 is 1.24 bits per heavy atom. The lowest BCUT2D eigenvalue weighted by atomic mass is 10.2. The van der Waals surface area contributed by atoms with Crippen molar-refractivity contribution in [1.29, 1.82) is 0 Å². The van der Waals surface area contributed by atoms with Crippen molar-refractivity contribution in [2.24, 2.45) is 0 Å². The minimum atomic E-state index is -0.660. The molecule has 0 aliphatic rings. The number of hydrogen-bond donors (Lipinski definition) is 0. The highest BCUT2D eigenvalue weighted by Crippen LogP contribution is 2.13. The van der Waals surface area contributed by atoms with Gasteiger partial charge in [0.1, 0.15) is 12.3 Å². The molecule has 0 fully saturated rings. The van der Waals surface area contributed by atoms with Crippen LogP contribution in [0.5, 0.6) is 0 Å². The van der Waals surface area contributed by atoms with Gasteiger partial charge >= 0.3 is 5.97 Å². The Bertz CT molecular complexity index is 1030. The molecule has 9 heteroatoms. The lowest BCUT2D eigenvalue weighted by Crippen LogP contribution is -2.16. The topological polar surface area (TPSA) is 104 Å². The summed E-state index contributed by atoms with van der Waals surface area (Å²) in [6, 6.07) is 9.73. The Hall–Kier alpha value is -3.07. The lowest BCUT2D eigenvalue weighted by Gasteiger charge is -2.06. The molecule has 0 saturated heterocycles. The lowest BCUT2D eigenvalue weighted by molar-refractivity contribution is -0.384. The summed E-state index contributed by atoms with van der Waals surface area (Å²) in [4.78, 5) is 38.3. The maximum Gasteiger partial charge on any atom is 0.338 e. The second-order valence-corrected chi connectivity index (χ2v) is 5.96. The second-order valence-electron chi connectivity index (χ2n) is 5.04. The Morgan fingerprint density at radius 3 is 2.64 bits per heavy atom. The van der Waals surface area contributed by atoms with E-state index in [0.717, 1.165) is 4.47 Å². The molecule has 0 aliphatic carbocycles. The zero-order chi connectivity index (χ0) is 18.0. The van der Waals surface area contributed by atoms with Crippen LogP contribution in [-0.4, -0.2) is 20.3 Å². The van der Waals surface area contributed by atoms with E-state index < -0.39 is 10.9 Å². The normalized spacial score (nSPS) is 10.6. The minimum absolute atomic E-state index is 0.119. The molecule has 0 atom stereocenters. The van der Waals surface area contributed by atoms with E-state index in [1.54, 1.807) is 18.3 Å². The number of carbonyl (C=O) groups excluding carboxylic acids is 1. The van der Waals surface area contributed by atoms with Gasteiger partial charge in [-0.3, -0.25) is 19.3 Å². The summed E-state index contributed by atoms with van der Waals surface area (Å²) >= 11 is 3.28. The fourth-order valence-electron chi connectivity index (χ4n) is 2.14. The molecule has 3 rings (SSSR count). The van der Waals surface area contributed by atoms with Crippen molar-refractivity contribution < 1.29 is 14.5 Å². The number of pyridine rings is 1. The summed E-state index contributed by atoms with van der Waals surface area (Å²) in [5.74, 6) is -0.660. The molecule has 2 aromatic heterocycles. The molecule has 0 spiro atoms. The predicted octanol–water partition coefficient (Wildman–Crippen LogP) is 2.72. The highest BCUT2D eigenvalue weighted by atomic mass is 79.9. The van der Waals surface area contributed by atoms with Crippen molar-refractivity contribution in [2.45, 2.75) is 6.61 Å². The van der Waals surface area contributed by atoms with Gasteiger partial charge in [0.05, 0.1) is 16.2 Å². The second kappa shape index (κ2) is 6.81. The Kier molecular flexibility index (Phi) is 4.57. The first-order valence-electron chi connectivity index (χ1n) is 7.03. The standard InChI is InChI=1S/C16H10BrN3O5/c17-11-3-6-14-18-12(7-15(21)19(14)8-11)9-25-16(22)10-1-4-13(5-2-10)20(23)24/h1-8H,9H2. The molecule has 0 radical (unpaired) electrons. The first kappa shape index (κ1) is 16.8. The summed E-state index contributed by atoms with van der Waals surface area (Å²) in [6.07, 6.45) is 1.59. The maximum absolute atomic E-state index is 12.1. The van der Waals surface area contributed by atoms with Crippen molar-refractivity contribution in [1.82, 2.24) is 9.38 Å². The molecule has 2 heterocycles. The molecule has 3 aromatic rings. The molecule has 126 valence electrons. The number of fused-ring (bicyclic) bond motifs is 1. The van der Waals surface area contributed by atoms with E-state index in [1.807, 2.05) is 0 Å². The van der Waals surface area contributed by atoms with Crippen LogP contribution in [0.1, 0.15) is 16.1 Å². The van der Waals surface area contributed by atoms with Gasteiger partial charge in [-0.05, 0) is 40.2 Å². The number of ether oxygens (including phenoxy) is 1. The number of nitro groups is 1. The zero-order valence-electron chi connectivity index (χ0n) is 12.6. The van der Waals surface area contributed by atoms with Crippen molar-refractivity contribution >= 4 is 33.2 Å². The Labute approximate surface area is 149 Å². The molecule has 0 amide bonds. The van der Waals surface area contributed by atoms with E-state index in [4.69, 9.17) is 4.74 Å². The van der Waals surface area contributed by atoms with Crippen molar-refractivity contribution in [3.05, 3.63) is 84.9 Å². The number of hydrogen-bond acceptors (Lipinski definition) is 6. The van der Waals surface area contributed by atoms with Crippen LogP contribution in [-0.2, 0) is 11.3 Å². The summed E-state index contributed by atoms with van der Waals surface area (Å²) in [5, 5.41) is 10.6. The van der Waals surface area contributed by atoms with Crippen LogP contribution >= 0.6 is 15.9 Å². The molecule has 8 nitrogen and oxygen atoms in total. The number of benzene rings is 1. The van der Waals surface area contributed by atoms with Gasteiger partial charge < -0.3 is 4.74 Å². The number of aromatic nitrogens is 2. The molecular weight excluding hydrogens is 394 g/mol. The molecule has 0 unspecified atom stereocenters. The van der Waals surface area contributed by atoms with Crippen LogP contribution in [0, 0.1) is 10.1 Å². The number of esters is 1. The Morgan fingerprint density at radius 2 is 1.96 bits per heavy atom. The first-order valence-corrected chi connectivity index (χ1v) is 7.83. The number of nitrogens with zero attached hydrogens (tertiary/aromatic N) is 3. The summed E-state index contributed by atoms with van der Waals surface area (Å²) in [7, 11) is 0. The van der Waals surface area contributed by atoms with Gasteiger partial charge in [-0.1, -0.05) is 0 Å². The first-order chi connectivity index (χ1) is 11.9. The number of halogens is 1. The highest BCUT2D eigenvalue weighted by molar-refractivity contribution is 9.10. The van der Waals surface area contributed by atoms with Crippen molar-refractivity contribution in [2.75, 3.05) is 0 Å². The number of rotatable bonds is 4. The third-order valence-electron chi connectivity index (χ3n) is 3.34.